The molecule has 0 fully saturated rings. The summed E-state index contributed by atoms with van der Waals surface area (Å²) in [6.07, 6.45) is 2.27. The number of hydrogen-bond acceptors (Lipinski definition) is 5. The van der Waals surface area contributed by atoms with Gasteiger partial charge < -0.3 is 14.8 Å². The van der Waals surface area contributed by atoms with Gasteiger partial charge in [-0.25, -0.2) is 4.98 Å². The number of amides is 1. The van der Waals surface area contributed by atoms with Crippen molar-refractivity contribution in [3.05, 3.63) is 70.9 Å². The van der Waals surface area contributed by atoms with Gasteiger partial charge in [-0.2, -0.15) is 0 Å². The maximum absolute atomic E-state index is 12.4. The van der Waals surface area contributed by atoms with Crippen LogP contribution < -0.4 is 14.8 Å². The van der Waals surface area contributed by atoms with E-state index in [1.165, 1.54) is 11.3 Å². The molecule has 0 saturated heterocycles. The fraction of sp³-hybridized carbons (Fsp3) is 0.250. The molecule has 0 aliphatic rings. The lowest BCUT2D eigenvalue weighted by Crippen LogP contribution is -2.29. The van der Waals surface area contributed by atoms with Crippen molar-refractivity contribution in [2.75, 3.05) is 20.3 Å². The number of thiazole rings is 1. The monoisotopic (exact) mass is 435 g/mol. The zero-order chi connectivity index (χ0) is 21.8. The minimum absolute atomic E-state index is 0.0385. The highest BCUT2D eigenvalue weighted by atomic mass is 32.1. The molecular formula is C24H25N3O3S. The van der Waals surface area contributed by atoms with Crippen LogP contribution in [-0.4, -0.2) is 35.6 Å². The van der Waals surface area contributed by atoms with Gasteiger partial charge in [0.2, 0.25) is 5.91 Å². The molecule has 0 aliphatic heterocycles. The molecule has 160 valence electrons. The molecule has 0 atom stereocenters. The van der Waals surface area contributed by atoms with E-state index in [0.29, 0.717) is 19.6 Å². The van der Waals surface area contributed by atoms with Crippen LogP contribution in [0, 0.1) is 13.8 Å². The van der Waals surface area contributed by atoms with E-state index >= 15 is 0 Å². The van der Waals surface area contributed by atoms with Gasteiger partial charge in [0, 0.05) is 22.8 Å². The lowest BCUT2D eigenvalue weighted by molar-refractivity contribution is -0.120. The quantitative estimate of drug-likeness (QED) is 0.416. The van der Waals surface area contributed by atoms with E-state index in [1.807, 2.05) is 66.2 Å². The molecule has 0 radical (unpaired) electrons. The van der Waals surface area contributed by atoms with Crippen LogP contribution in [0.5, 0.6) is 11.5 Å². The number of ether oxygens (including phenoxy) is 2. The minimum Gasteiger partial charge on any atom is -0.497 e. The largest absolute Gasteiger partial charge is 0.497 e. The summed E-state index contributed by atoms with van der Waals surface area (Å²) in [5.41, 5.74) is 5.12. The number of benzene rings is 2. The van der Waals surface area contributed by atoms with Crippen molar-refractivity contribution in [3.63, 3.8) is 0 Å². The number of fused-ring (bicyclic) bond motifs is 1. The van der Waals surface area contributed by atoms with Crippen molar-refractivity contribution < 1.29 is 14.3 Å². The normalized spacial score (nSPS) is 10.9. The third kappa shape index (κ3) is 5.06. The van der Waals surface area contributed by atoms with E-state index in [0.717, 1.165) is 44.5 Å². The number of hydrogen-bond donors (Lipinski definition) is 1. The Morgan fingerprint density at radius 3 is 2.55 bits per heavy atom. The summed E-state index contributed by atoms with van der Waals surface area (Å²) >= 11 is 1.53. The van der Waals surface area contributed by atoms with Gasteiger partial charge in [-0.1, -0.05) is 6.07 Å². The molecule has 0 spiro atoms. The van der Waals surface area contributed by atoms with Crippen molar-refractivity contribution in [2.24, 2.45) is 0 Å². The average Bonchev–Trinajstić information content (AvgIpc) is 3.33. The number of aromatic nitrogens is 2. The molecule has 2 aromatic heterocycles. The van der Waals surface area contributed by atoms with Gasteiger partial charge in [0.15, 0.2) is 4.96 Å². The SMILES string of the molecule is COc1ccc(-c2cn3c(CC(=O)NCCOc4cc(C)cc(C)c4)csc3n2)cc1. The van der Waals surface area contributed by atoms with Crippen LogP contribution >= 0.6 is 11.3 Å². The van der Waals surface area contributed by atoms with Gasteiger partial charge >= 0.3 is 0 Å². The first kappa shape index (κ1) is 20.9. The molecule has 0 unspecified atom stereocenters. The number of imidazole rings is 1. The zero-order valence-electron chi connectivity index (χ0n) is 17.8. The van der Waals surface area contributed by atoms with Crippen LogP contribution in [0.3, 0.4) is 0 Å². The van der Waals surface area contributed by atoms with Gasteiger partial charge in [0.05, 0.1) is 25.8 Å². The molecule has 0 bridgehead atoms. The maximum Gasteiger partial charge on any atom is 0.226 e. The maximum atomic E-state index is 12.4. The summed E-state index contributed by atoms with van der Waals surface area (Å²) in [6.45, 7) is 4.97. The smallest absolute Gasteiger partial charge is 0.226 e. The van der Waals surface area contributed by atoms with Crippen molar-refractivity contribution in [1.29, 1.82) is 0 Å². The number of carbonyl (C=O) groups excluding carboxylic acids is 1. The highest BCUT2D eigenvalue weighted by Crippen LogP contribution is 2.25. The van der Waals surface area contributed by atoms with Crippen LogP contribution in [0.2, 0.25) is 0 Å². The number of methoxy groups -OCH3 is 1. The molecule has 7 heteroatoms. The molecular weight excluding hydrogens is 410 g/mol. The summed E-state index contributed by atoms with van der Waals surface area (Å²) in [5.74, 6) is 1.60. The van der Waals surface area contributed by atoms with Crippen LogP contribution in [-0.2, 0) is 11.2 Å². The summed E-state index contributed by atoms with van der Waals surface area (Å²) in [4.78, 5) is 18.0. The predicted octanol–water partition coefficient (Wildman–Crippen LogP) is 4.43. The van der Waals surface area contributed by atoms with Crippen LogP contribution in [0.25, 0.3) is 16.2 Å². The summed E-state index contributed by atoms with van der Waals surface area (Å²) in [5, 5.41) is 4.91. The third-order valence-corrected chi connectivity index (χ3v) is 5.79. The third-order valence-electron chi connectivity index (χ3n) is 4.90. The molecule has 1 amide bonds. The molecule has 6 nitrogen and oxygen atoms in total. The molecule has 2 aromatic carbocycles. The molecule has 1 N–H and O–H groups in total. The van der Waals surface area contributed by atoms with E-state index in [4.69, 9.17) is 9.47 Å². The van der Waals surface area contributed by atoms with E-state index in [1.54, 1.807) is 7.11 Å². The topological polar surface area (TPSA) is 64.9 Å². The number of rotatable bonds is 8. The minimum atomic E-state index is -0.0385. The van der Waals surface area contributed by atoms with Crippen LogP contribution in [0.1, 0.15) is 16.8 Å². The van der Waals surface area contributed by atoms with Crippen molar-refractivity contribution >= 4 is 22.2 Å². The zero-order valence-corrected chi connectivity index (χ0v) is 18.7. The Kier molecular flexibility index (Phi) is 6.23. The highest BCUT2D eigenvalue weighted by Gasteiger charge is 2.12. The summed E-state index contributed by atoms with van der Waals surface area (Å²) in [7, 11) is 1.65. The van der Waals surface area contributed by atoms with Crippen molar-refractivity contribution in [2.45, 2.75) is 20.3 Å². The average molecular weight is 436 g/mol. The van der Waals surface area contributed by atoms with Gasteiger partial charge in [-0.3, -0.25) is 9.20 Å². The first-order valence-electron chi connectivity index (χ1n) is 10.1. The second kappa shape index (κ2) is 9.22. The first-order chi connectivity index (χ1) is 15.0. The van der Waals surface area contributed by atoms with Crippen molar-refractivity contribution in [3.8, 4) is 22.8 Å². The first-order valence-corrected chi connectivity index (χ1v) is 11.0. The molecule has 0 saturated carbocycles. The van der Waals surface area contributed by atoms with Crippen LogP contribution in [0.4, 0.5) is 0 Å². The lowest BCUT2D eigenvalue weighted by atomic mass is 10.1. The van der Waals surface area contributed by atoms with Gasteiger partial charge in [0.1, 0.15) is 18.1 Å². The standard InChI is InChI=1S/C24H25N3O3S/c1-16-10-17(2)12-21(11-16)30-9-8-25-23(28)13-19-15-31-24-26-22(14-27(19)24)18-4-6-20(29-3)7-5-18/h4-7,10-12,14-15H,8-9,13H2,1-3H3,(H,25,28). The molecule has 4 rings (SSSR count). The van der Waals surface area contributed by atoms with Gasteiger partial charge in [-0.15, -0.1) is 11.3 Å². The Balaban J connectivity index is 1.33. The Bertz CT molecular complexity index is 1170. The van der Waals surface area contributed by atoms with Gasteiger partial charge in [-0.05, 0) is 61.4 Å². The number of carbonyl (C=O) groups is 1. The molecule has 0 aliphatic carbocycles. The fourth-order valence-corrected chi connectivity index (χ4v) is 4.33. The Morgan fingerprint density at radius 2 is 1.84 bits per heavy atom. The lowest BCUT2D eigenvalue weighted by Gasteiger charge is -2.09. The second-order valence-corrected chi connectivity index (χ2v) is 8.27. The van der Waals surface area contributed by atoms with Crippen LogP contribution in [0.15, 0.2) is 54.0 Å². The summed E-state index contributed by atoms with van der Waals surface area (Å²) < 4.78 is 12.9. The summed E-state index contributed by atoms with van der Waals surface area (Å²) in [6, 6.07) is 13.9. The van der Waals surface area contributed by atoms with Crippen molar-refractivity contribution in [1.82, 2.24) is 14.7 Å². The van der Waals surface area contributed by atoms with Gasteiger partial charge in [0.25, 0.3) is 0 Å². The highest BCUT2D eigenvalue weighted by molar-refractivity contribution is 7.15. The molecule has 31 heavy (non-hydrogen) atoms. The number of aryl methyl sites for hydroxylation is 2. The van der Waals surface area contributed by atoms with E-state index in [2.05, 4.69) is 16.4 Å². The number of nitrogens with one attached hydrogen (secondary N) is 1. The molecule has 2 heterocycles. The number of nitrogens with zero attached hydrogens (tertiary/aromatic N) is 2. The Labute approximate surface area is 185 Å². The van der Waals surface area contributed by atoms with E-state index < -0.39 is 0 Å². The second-order valence-electron chi connectivity index (χ2n) is 7.43. The Morgan fingerprint density at radius 1 is 1.10 bits per heavy atom. The molecule has 4 aromatic rings. The Hall–Kier alpha value is -3.32. The predicted molar refractivity (Wildman–Crippen MR) is 123 cm³/mol. The van der Waals surface area contributed by atoms with E-state index in [9.17, 15) is 4.79 Å². The van der Waals surface area contributed by atoms with E-state index in [-0.39, 0.29) is 5.91 Å². The fourth-order valence-electron chi connectivity index (χ4n) is 3.46.